The Morgan fingerprint density at radius 1 is 1.54 bits per heavy atom. The SMILES string of the molecule is CCN1CC2CCC1CC2(O)CN. The Morgan fingerprint density at radius 2 is 2.31 bits per heavy atom. The number of nitrogens with zero attached hydrogens (tertiary/aromatic N) is 1. The van der Waals surface area contributed by atoms with Crippen molar-refractivity contribution in [3.05, 3.63) is 0 Å². The molecule has 0 aromatic carbocycles. The van der Waals surface area contributed by atoms with Crippen molar-refractivity contribution in [3.8, 4) is 0 Å². The zero-order valence-corrected chi connectivity index (χ0v) is 8.37. The Hall–Kier alpha value is -0.120. The van der Waals surface area contributed by atoms with Gasteiger partial charge in [0.25, 0.3) is 0 Å². The van der Waals surface area contributed by atoms with Crippen LogP contribution >= 0.6 is 0 Å². The second-order valence-electron chi connectivity index (χ2n) is 4.53. The molecular formula is C10H20N2O. The van der Waals surface area contributed by atoms with E-state index in [0.29, 0.717) is 18.5 Å². The van der Waals surface area contributed by atoms with Crippen LogP contribution in [0.4, 0.5) is 0 Å². The first-order chi connectivity index (χ1) is 6.19. The first kappa shape index (κ1) is 9.44. The Bertz CT molecular complexity index is 197. The predicted octanol–water partition coefficient (Wildman–Crippen LogP) is 0.180. The summed E-state index contributed by atoms with van der Waals surface area (Å²) in [4.78, 5) is 2.48. The van der Waals surface area contributed by atoms with Gasteiger partial charge in [-0.05, 0) is 25.8 Å². The molecule has 2 bridgehead atoms. The minimum atomic E-state index is -0.547. The van der Waals surface area contributed by atoms with Crippen LogP contribution in [-0.2, 0) is 0 Å². The van der Waals surface area contributed by atoms with Gasteiger partial charge in [-0.1, -0.05) is 6.92 Å². The van der Waals surface area contributed by atoms with Crippen LogP contribution in [0.2, 0.25) is 0 Å². The van der Waals surface area contributed by atoms with E-state index in [9.17, 15) is 5.11 Å². The normalized spacial score (nSPS) is 45.5. The molecule has 0 spiro atoms. The van der Waals surface area contributed by atoms with E-state index in [-0.39, 0.29) is 0 Å². The molecule has 13 heavy (non-hydrogen) atoms. The molecule has 1 aliphatic carbocycles. The summed E-state index contributed by atoms with van der Waals surface area (Å²) in [5.74, 6) is 0.419. The van der Waals surface area contributed by atoms with Gasteiger partial charge in [0.1, 0.15) is 0 Å². The Balaban J connectivity index is 2.11. The smallest absolute Gasteiger partial charge is 0.0824 e. The highest BCUT2D eigenvalue weighted by Gasteiger charge is 2.48. The number of rotatable bonds is 2. The highest BCUT2D eigenvalue weighted by atomic mass is 16.3. The summed E-state index contributed by atoms with van der Waals surface area (Å²) >= 11 is 0. The molecular weight excluding hydrogens is 164 g/mol. The molecule has 3 nitrogen and oxygen atoms in total. The number of piperidine rings is 2. The second-order valence-corrected chi connectivity index (χ2v) is 4.53. The second kappa shape index (κ2) is 3.23. The minimum absolute atomic E-state index is 0.419. The van der Waals surface area contributed by atoms with Crippen molar-refractivity contribution < 1.29 is 5.11 Å². The molecule has 0 aromatic rings. The van der Waals surface area contributed by atoms with Crippen LogP contribution in [0.3, 0.4) is 0 Å². The van der Waals surface area contributed by atoms with E-state index in [1.165, 1.54) is 6.42 Å². The van der Waals surface area contributed by atoms with Crippen LogP contribution < -0.4 is 5.73 Å². The van der Waals surface area contributed by atoms with E-state index >= 15 is 0 Å². The average molecular weight is 184 g/mol. The predicted molar refractivity (Wildman–Crippen MR) is 52.4 cm³/mol. The third kappa shape index (κ3) is 1.39. The van der Waals surface area contributed by atoms with E-state index in [1.54, 1.807) is 0 Å². The molecule has 3 rings (SSSR count). The summed E-state index contributed by atoms with van der Waals surface area (Å²) in [5, 5.41) is 10.2. The van der Waals surface area contributed by atoms with E-state index < -0.39 is 5.60 Å². The highest BCUT2D eigenvalue weighted by molar-refractivity contribution is 5.02. The maximum absolute atomic E-state index is 10.2. The fourth-order valence-electron chi connectivity index (χ4n) is 2.98. The summed E-state index contributed by atoms with van der Waals surface area (Å²) in [7, 11) is 0. The average Bonchev–Trinajstić information content (AvgIpc) is 2.18. The molecule has 3 atom stereocenters. The zero-order chi connectivity index (χ0) is 9.47. The first-order valence-corrected chi connectivity index (χ1v) is 5.36. The van der Waals surface area contributed by atoms with Crippen molar-refractivity contribution in [3.63, 3.8) is 0 Å². The van der Waals surface area contributed by atoms with Gasteiger partial charge < -0.3 is 15.7 Å². The van der Waals surface area contributed by atoms with Gasteiger partial charge in [0.2, 0.25) is 0 Å². The molecule has 2 heterocycles. The third-order valence-electron chi connectivity index (χ3n) is 3.93. The van der Waals surface area contributed by atoms with Gasteiger partial charge in [0.15, 0.2) is 0 Å². The van der Waals surface area contributed by atoms with Gasteiger partial charge in [-0.25, -0.2) is 0 Å². The van der Waals surface area contributed by atoms with E-state index in [1.807, 2.05) is 0 Å². The van der Waals surface area contributed by atoms with E-state index in [2.05, 4.69) is 11.8 Å². The van der Waals surface area contributed by atoms with Gasteiger partial charge in [-0.3, -0.25) is 0 Å². The highest BCUT2D eigenvalue weighted by Crippen LogP contribution is 2.41. The molecule has 2 saturated heterocycles. The molecule has 2 aliphatic heterocycles. The lowest BCUT2D eigenvalue weighted by Gasteiger charge is -2.53. The molecule has 76 valence electrons. The molecule has 3 heteroatoms. The topological polar surface area (TPSA) is 49.5 Å². The number of hydrogen-bond donors (Lipinski definition) is 2. The van der Waals surface area contributed by atoms with E-state index in [4.69, 9.17) is 5.73 Å². The number of aliphatic hydroxyl groups is 1. The molecule has 1 saturated carbocycles. The number of hydrogen-bond acceptors (Lipinski definition) is 3. The maximum atomic E-state index is 10.2. The van der Waals surface area contributed by atoms with Gasteiger partial charge in [0, 0.05) is 25.0 Å². The fraction of sp³-hybridized carbons (Fsp3) is 1.00. The molecule has 3 N–H and O–H groups in total. The molecule has 0 radical (unpaired) electrons. The van der Waals surface area contributed by atoms with Crippen molar-refractivity contribution >= 4 is 0 Å². The summed E-state index contributed by atoms with van der Waals surface area (Å²) in [6.45, 7) is 4.80. The maximum Gasteiger partial charge on any atom is 0.0824 e. The number of nitrogens with two attached hydrogens (primary N) is 1. The van der Waals surface area contributed by atoms with Crippen molar-refractivity contribution in [1.29, 1.82) is 0 Å². The monoisotopic (exact) mass is 184 g/mol. The lowest BCUT2D eigenvalue weighted by atomic mass is 9.69. The zero-order valence-electron chi connectivity index (χ0n) is 8.37. The van der Waals surface area contributed by atoms with Gasteiger partial charge in [-0.15, -0.1) is 0 Å². The van der Waals surface area contributed by atoms with Gasteiger partial charge in [-0.2, -0.15) is 0 Å². The van der Waals surface area contributed by atoms with Crippen LogP contribution in [0.25, 0.3) is 0 Å². The van der Waals surface area contributed by atoms with Crippen LogP contribution in [0.15, 0.2) is 0 Å². The van der Waals surface area contributed by atoms with E-state index in [0.717, 1.165) is 25.9 Å². The van der Waals surface area contributed by atoms with Crippen LogP contribution in [0.1, 0.15) is 26.2 Å². The minimum Gasteiger partial charge on any atom is -0.388 e. The Labute approximate surface area is 79.9 Å². The standard InChI is InChI=1S/C10H20N2O/c1-2-12-6-8-3-4-9(12)5-10(8,13)7-11/h8-9,13H,2-7,11H2,1H3. The molecule has 0 amide bonds. The van der Waals surface area contributed by atoms with Crippen molar-refractivity contribution in [1.82, 2.24) is 4.90 Å². The third-order valence-corrected chi connectivity index (χ3v) is 3.93. The summed E-state index contributed by atoms with van der Waals surface area (Å²) in [6.07, 6.45) is 3.30. The van der Waals surface area contributed by atoms with Crippen molar-refractivity contribution in [2.75, 3.05) is 19.6 Å². The van der Waals surface area contributed by atoms with Crippen LogP contribution in [0.5, 0.6) is 0 Å². The largest absolute Gasteiger partial charge is 0.388 e. The lowest BCUT2D eigenvalue weighted by Crippen LogP contribution is -2.62. The molecule has 3 fully saturated rings. The lowest BCUT2D eigenvalue weighted by molar-refractivity contribution is -0.119. The summed E-state index contributed by atoms with van der Waals surface area (Å²) in [6, 6.07) is 0.587. The quantitative estimate of drug-likeness (QED) is 0.643. The van der Waals surface area contributed by atoms with Crippen LogP contribution in [0, 0.1) is 5.92 Å². The summed E-state index contributed by atoms with van der Waals surface area (Å²) < 4.78 is 0. The van der Waals surface area contributed by atoms with Gasteiger partial charge in [0.05, 0.1) is 5.60 Å². The molecule has 3 aliphatic rings. The Kier molecular flexibility index (Phi) is 2.34. The first-order valence-electron chi connectivity index (χ1n) is 5.36. The van der Waals surface area contributed by atoms with Crippen molar-refractivity contribution in [2.45, 2.75) is 37.8 Å². The van der Waals surface area contributed by atoms with Gasteiger partial charge >= 0.3 is 0 Å². The number of fused-ring (bicyclic) bond motifs is 3. The fourth-order valence-corrected chi connectivity index (χ4v) is 2.98. The van der Waals surface area contributed by atoms with Crippen LogP contribution in [-0.4, -0.2) is 41.3 Å². The molecule has 3 unspecified atom stereocenters. The summed E-state index contributed by atoms with van der Waals surface area (Å²) in [5.41, 5.74) is 5.10. The molecule has 0 aromatic heterocycles. The van der Waals surface area contributed by atoms with Crippen molar-refractivity contribution in [2.24, 2.45) is 11.7 Å². The Morgan fingerprint density at radius 3 is 2.77 bits per heavy atom.